The summed E-state index contributed by atoms with van der Waals surface area (Å²) in [5.41, 5.74) is 4.01. The molecule has 1 amide bonds. The maximum Gasteiger partial charge on any atom is 0.268 e. The normalized spacial score (nSPS) is 17.8. The molecule has 1 atom stereocenters. The average molecular weight is 289 g/mol. The van der Waals surface area contributed by atoms with E-state index in [4.69, 9.17) is 11.6 Å². The first-order valence-electron chi connectivity index (χ1n) is 6.87. The van der Waals surface area contributed by atoms with Crippen LogP contribution in [0.15, 0.2) is 30.3 Å². The lowest BCUT2D eigenvalue weighted by molar-refractivity contribution is 0.0913. The first-order chi connectivity index (χ1) is 9.61. The molecule has 20 heavy (non-hydrogen) atoms. The number of benzene rings is 1. The molecule has 2 aromatic rings. The third-order valence-corrected chi connectivity index (χ3v) is 4.23. The lowest BCUT2D eigenvalue weighted by Gasteiger charge is -2.27. The highest BCUT2D eigenvalue weighted by Gasteiger charge is 2.27. The van der Waals surface area contributed by atoms with E-state index in [2.05, 4.69) is 23.7 Å². The Balaban J connectivity index is 2.18. The van der Waals surface area contributed by atoms with Crippen molar-refractivity contribution < 1.29 is 4.79 Å². The van der Waals surface area contributed by atoms with Gasteiger partial charge in [-0.1, -0.05) is 30.7 Å². The van der Waals surface area contributed by atoms with Gasteiger partial charge in [-0.15, -0.1) is 0 Å². The van der Waals surface area contributed by atoms with E-state index in [1.165, 1.54) is 0 Å². The minimum atomic E-state index is 0.00563. The second-order valence-electron chi connectivity index (χ2n) is 5.18. The number of carbonyl (C=O) groups excluding carboxylic acids is 1. The van der Waals surface area contributed by atoms with Gasteiger partial charge in [-0.2, -0.15) is 0 Å². The molecule has 2 heterocycles. The molecule has 0 saturated heterocycles. The number of halogens is 1. The van der Waals surface area contributed by atoms with Crippen molar-refractivity contribution in [3.05, 3.63) is 46.7 Å². The second kappa shape index (κ2) is 4.98. The SMILES string of the molecule is CCC1CNC(=O)c2cc(-c3cccc(Cl)c3)c(C)n21. The minimum Gasteiger partial charge on any atom is -0.349 e. The van der Waals surface area contributed by atoms with Crippen molar-refractivity contribution in [2.24, 2.45) is 0 Å². The van der Waals surface area contributed by atoms with Gasteiger partial charge in [-0.25, -0.2) is 0 Å². The van der Waals surface area contributed by atoms with Gasteiger partial charge in [0.25, 0.3) is 5.91 Å². The molecule has 104 valence electrons. The maximum absolute atomic E-state index is 12.1. The summed E-state index contributed by atoms with van der Waals surface area (Å²) in [6.45, 7) is 4.91. The Morgan fingerprint density at radius 1 is 1.40 bits per heavy atom. The summed E-state index contributed by atoms with van der Waals surface area (Å²) in [4.78, 5) is 12.1. The van der Waals surface area contributed by atoms with Crippen LogP contribution in [0.2, 0.25) is 5.02 Å². The number of hydrogen-bond acceptors (Lipinski definition) is 1. The van der Waals surface area contributed by atoms with Crippen molar-refractivity contribution in [3.63, 3.8) is 0 Å². The highest BCUT2D eigenvalue weighted by atomic mass is 35.5. The summed E-state index contributed by atoms with van der Waals surface area (Å²) in [6.07, 6.45) is 0.998. The molecule has 1 aliphatic rings. The summed E-state index contributed by atoms with van der Waals surface area (Å²) < 4.78 is 2.16. The number of carbonyl (C=O) groups is 1. The highest BCUT2D eigenvalue weighted by Crippen LogP contribution is 2.33. The Bertz CT molecular complexity index is 675. The predicted molar refractivity (Wildman–Crippen MR) is 81.3 cm³/mol. The van der Waals surface area contributed by atoms with Crippen LogP contribution >= 0.6 is 11.6 Å². The Hall–Kier alpha value is -1.74. The van der Waals surface area contributed by atoms with Crippen LogP contribution in [0.4, 0.5) is 0 Å². The van der Waals surface area contributed by atoms with E-state index in [9.17, 15) is 4.79 Å². The van der Waals surface area contributed by atoms with Crippen LogP contribution in [0.5, 0.6) is 0 Å². The monoisotopic (exact) mass is 288 g/mol. The van der Waals surface area contributed by atoms with Gasteiger partial charge in [0.2, 0.25) is 0 Å². The zero-order valence-electron chi connectivity index (χ0n) is 11.6. The fourth-order valence-corrected chi connectivity index (χ4v) is 3.12. The number of fused-ring (bicyclic) bond motifs is 1. The molecular weight excluding hydrogens is 272 g/mol. The van der Waals surface area contributed by atoms with Crippen LogP contribution in [0, 0.1) is 6.92 Å². The predicted octanol–water partition coefficient (Wildman–Crippen LogP) is 3.81. The van der Waals surface area contributed by atoms with E-state index < -0.39 is 0 Å². The standard InChI is InChI=1S/C16H17ClN2O/c1-3-13-9-18-16(20)15-8-14(10(2)19(13)15)11-5-4-6-12(17)7-11/h4-8,13H,3,9H2,1-2H3,(H,18,20). The molecule has 1 N–H and O–H groups in total. The second-order valence-corrected chi connectivity index (χ2v) is 5.62. The molecule has 1 aromatic heterocycles. The lowest BCUT2D eigenvalue weighted by atomic mass is 10.1. The number of hydrogen-bond donors (Lipinski definition) is 1. The fourth-order valence-electron chi connectivity index (χ4n) is 2.93. The number of amides is 1. The maximum atomic E-state index is 12.1. The van der Waals surface area contributed by atoms with E-state index in [-0.39, 0.29) is 5.91 Å². The van der Waals surface area contributed by atoms with E-state index in [0.29, 0.717) is 17.6 Å². The first kappa shape index (κ1) is 13.3. The molecule has 3 rings (SSSR count). The molecule has 0 saturated carbocycles. The summed E-state index contributed by atoms with van der Waals surface area (Å²) in [5, 5.41) is 3.67. The summed E-state index contributed by atoms with van der Waals surface area (Å²) >= 11 is 6.07. The number of rotatable bonds is 2. The Kier molecular flexibility index (Phi) is 3.30. The van der Waals surface area contributed by atoms with E-state index in [1.54, 1.807) is 0 Å². The van der Waals surface area contributed by atoms with E-state index >= 15 is 0 Å². The van der Waals surface area contributed by atoms with Gasteiger partial charge in [-0.05, 0) is 37.1 Å². The van der Waals surface area contributed by atoms with Crippen molar-refractivity contribution in [1.29, 1.82) is 0 Å². The van der Waals surface area contributed by atoms with Gasteiger partial charge in [0, 0.05) is 22.8 Å². The molecule has 0 bridgehead atoms. The van der Waals surface area contributed by atoms with Crippen molar-refractivity contribution in [1.82, 2.24) is 9.88 Å². The third kappa shape index (κ3) is 2.02. The third-order valence-electron chi connectivity index (χ3n) is 3.99. The van der Waals surface area contributed by atoms with E-state index in [1.807, 2.05) is 30.3 Å². The molecule has 0 aliphatic carbocycles. The molecule has 1 aromatic carbocycles. The molecule has 0 spiro atoms. The molecule has 0 radical (unpaired) electrons. The topological polar surface area (TPSA) is 34.0 Å². The molecule has 0 fully saturated rings. The zero-order valence-corrected chi connectivity index (χ0v) is 12.4. The van der Waals surface area contributed by atoms with Crippen LogP contribution in [0.1, 0.15) is 35.6 Å². The average Bonchev–Trinajstić information content (AvgIpc) is 2.79. The quantitative estimate of drug-likeness (QED) is 0.896. The summed E-state index contributed by atoms with van der Waals surface area (Å²) in [7, 11) is 0. The van der Waals surface area contributed by atoms with E-state index in [0.717, 1.165) is 28.9 Å². The van der Waals surface area contributed by atoms with Crippen LogP contribution < -0.4 is 5.32 Å². The Morgan fingerprint density at radius 3 is 2.90 bits per heavy atom. The molecule has 3 nitrogen and oxygen atoms in total. The van der Waals surface area contributed by atoms with Crippen molar-refractivity contribution in [2.75, 3.05) is 6.54 Å². The van der Waals surface area contributed by atoms with Gasteiger partial charge in [0.15, 0.2) is 0 Å². The summed E-state index contributed by atoms with van der Waals surface area (Å²) in [5.74, 6) is 0.00563. The van der Waals surface area contributed by atoms with Crippen LogP contribution in [0.25, 0.3) is 11.1 Å². The van der Waals surface area contributed by atoms with Crippen molar-refractivity contribution >= 4 is 17.5 Å². The number of nitrogens with one attached hydrogen (secondary N) is 1. The minimum absolute atomic E-state index is 0.00563. The Morgan fingerprint density at radius 2 is 2.20 bits per heavy atom. The van der Waals surface area contributed by atoms with Gasteiger partial charge in [-0.3, -0.25) is 4.79 Å². The first-order valence-corrected chi connectivity index (χ1v) is 7.25. The van der Waals surface area contributed by atoms with Crippen LogP contribution in [0.3, 0.4) is 0 Å². The molecule has 1 unspecified atom stereocenters. The number of aromatic nitrogens is 1. The Labute approximate surface area is 123 Å². The largest absolute Gasteiger partial charge is 0.349 e. The van der Waals surface area contributed by atoms with Gasteiger partial charge in [0.05, 0.1) is 6.04 Å². The smallest absolute Gasteiger partial charge is 0.268 e. The van der Waals surface area contributed by atoms with Gasteiger partial charge >= 0.3 is 0 Å². The zero-order chi connectivity index (χ0) is 14.3. The highest BCUT2D eigenvalue weighted by molar-refractivity contribution is 6.30. The molecular formula is C16H17ClN2O. The van der Waals surface area contributed by atoms with Gasteiger partial charge < -0.3 is 9.88 Å². The summed E-state index contributed by atoms with van der Waals surface area (Å²) in [6, 6.07) is 10.1. The fraction of sp³-hybridized carbons (Fsp3) is 0.312. The van der Waals surface area contributed by atoms with Crippen molar-refractivity contribution in [3.8, 4) is 11.1 Å². The molecule has 1 aliphatic heterocycles. The lowest BCUT2D eigenvalue weighted by Crippen LogP contribution is -2.38. The molecule has 4 heteroatoms. The van der Waals surface area contributed by atoms with Crippen LogP contribution in [-0.4, -0.2) is 17.0 Å². The van der Waals surface area contributed by atoms with Crippen LogP contribution in [-0.2, 0) is 0 Å². The number of nitrogens with zero attached hydrogens (tertiary/aromatic N) is 1. The van der Waals surface area contributed by atoms with Gasteiger partial charge in [0.1, 0.15) is 5.69 Å². The van der Waals surface area contributed by atoms with Crippen molar-refractivity contribution in [2.45, 2.75) is 26.3 Å².